The van der Waals surface area contributed by atoms with Crippen molar-refractivity contribution >= 4 is 39.7 Å². The maximum Gasteiger partial charge on any atom is 0.311 e. The first-order chi connectivity index (χ1) is 21.7. The molecule has 0 N–H and O–H groups in total. The molecule has 0 radical (unpaired) electrons. The van der Waals surface area contributed by atoms with Gasteiger partial charge in [-0.1, -0.05) is 99.5 Å². The summed E-state index contributed by atoms with van der Waals surface area (Å²) in [5, 5.41) is 5.87. The summed E-state index contributed by atoms with van der Waals surface area (Å²) in [4.78, 5) is 13.6. The van der Waals surface area contributed by atoms with Gasteiger partial charge in [0.05, 0.1) is 12.5 Å². The lowest BCUT2D eigenvalue weighted by atomic mass is 9.24. The molecule has 45 heavy (non-hydrogen) atoms. The van der Waals surface area contributed by atoms with Crippen LogP contribution in [0.1, 0.15) is 88.5 Å². The van der Waals surface area contributed by atoms with Gasteiger partial charge in [-0.3, -0.25) is 4.79 Å². The van der Waals surface area contributed by atoms with Crippen LogP contribution in [0.15, 0.2) is 71.3 Å². The van der Waals surface area contributed by atoms with E-state index in [0.29, 0.717) is 23.7 Å². The van der Waals surface area contributed by atoms with Crippen LogP contribution in [0.2, 0.25) is 0 Å². The van der Waals surface area contributed by atoms with Gasteiger partial charge in [0.2, 0.25) is 0 Å². The molecule has 9 aliphatic rings. The van der Waals surface area contributed by atoms with Crippen molar-refractivity contribution in [1.82, 2.24) is 0 Å². The van der Waals surface area contributed by atoms with E-state index in [-0.39, 0.29) is 27.6 Å². The Labute approximate surface area is 266 Å². The van der Waals surface area contributed by atoms with Gasteiger partial charge in [0.1, 0.15) is 0 Å². The van der Waals surface area contributed by atoms with Crippen molar-refractivity contribution < 1.29 is 9.53 Å². The Hall–Kier alpha value is -3.39. The summed E-state index contributed by atoms with van der Waals surface area (Å²) in [6, 6.07) is 14.5. The van der Waals surface area contributed by atoms with Gasteiger partial charge in [-0.25, -0.2) is 0 Å². The van der Waals surface area contributed by atoms with Crippen molar-refractivity contribution in [2.24, 2.45) is 45.3 Å². The minimum Gasteiger partial charge on any atom is -0.469 e. The van der Waals surface area contributed by atoms with E-state index in [0.717, 1.165) is 25.7 Å². The normalized spacial score (nSPS) is 41.7. The van der Waals surface area contributed by atoms with Gasteiger partial charge in [0.15, 0.2) is 0 Å². The zero-order valence-corrected chi connectivity index (χ0v) is 27.2. The van der Waals surface area contributed by atoms with Crippen molar-refractivity contribution in [2.75, 3.05) is 7.11 Å². The summed E-state index contributed by atoms with van der Waals surface area (Å²) >= 11 is 0. The van der Waals surface area contributed by atoms with Crippen LogP contribution in [0.25, 0.3) is 33.7 Å². The molecule has 3 aromatic carbocycles. The summed E-state index contributed by atoms with van der Waals surface area (Å²) < 4.78 is 5.59. The molecule has 2 nitrogen and oxygen atoms in total. The minimum absolute atomic E-state index is 0.0185. The third kappa shape index (κ3) is 2.26. The van der Waals surface area contributed by atoms with E-state index in [1.807, 2.05) is 0 Å². The van der Waals surface area contributed by atoms with Crippen molar-refractivity contribution in [2.45, 2.75) is 71.6 Å². The molecule has 3 aromatic rings. The molecule has 9 aliphatic carbocycles. The SMILES string of the molecule is COC(=O)[C@]1(C)CCC[C@]2(C)C3CC4C(C(C)C)=CC3(CCC21)C12c3c5ccc6ccc7ccc(c1c7c36)C=C1C=CC(=C5)C142. The zero-order chi connectivity index (χ0) is 30.5. The predicted octanol–water partition coefficient (Wildman–Crippen LogP) is 9.94. The highest BCUT2D eigenvalue weighted by Gasteiger charge is 2.82. The lowest BCUT2D eigenvalue weighted by molar-refractivity contribution is -0.205. The maximum atomic E-state index is 13.6. The standard InChI is InChI=1S/C43H42O2/c1-23(2)30-22-41-18-15-32-39(3,16-6-17-40(32,4)38(44)45-5)33(41)21-31(30)42-28-13-14-29(42)20-27-12-10-25-8-7-24-9-11-26(19-28)36-34(24)35(25)37(27)43(36,41)42/h7-14,19-20,22-23,31-33H,6,15-18,21H2,1-5H3/t31?,32?,33?,39-,40+,41?,42?,43?/m0/s1. The van der Waals surface area contributed by atoms with E-state index < -0.39 is 5.41 Å². The number of esters is 1. The highest BCUT2D eigenvalue weighted by molar-refractivity contribution is 6.19. The molecule has 0 saturated heterocycles. The molecule has 2 heteroatoms. The van der Waals surface area contributed by atoms with Crippen molar-refractivity contribution in [3.63, 3.8) is 0 Å². The maximum absolute atomic E-state index is 13.6. The molecule has 3 spiro atoms. The van der Waals surface area contributed by atoms with Gasteiger partial charge in [-0.05, 0) is 123 Å². The first kappa shape index (κ1) is 25.8. The minimum atomic E-state index is -0.413. The zero-order valence-electron chi connectivity index (χ0n) is 27.2. The van der Waals surface area contributed by atoms with E-state index in [4.69, 9.17) is 4.74 Å². The Bertz CT molecular complexity index is 2030. The molecule has 0 aliphatic heterocycles. The van der Waals surface area contributed by atoms with Gasteiger partial charge in [-0.2, -0.15) is 0 Å². The molecule has 3 fully saturated rings. The van der Waals surface area contributed by atoms with E-state index in [1.165, 1.54) is 45.5 Å². The number of carbonyl (C=O) groups excluding carboxylic acids is 1. The van der Waals surface area contributed by atoms with Crippen LogP contribution in [-0.2, 0) is 14.9 Å². The number of allylic oxidation sites excluding steroid dienone is 6. The highest BCUT2D eigenvalue weighted by atomic mass is 16.5. The van der Waals surface area contributed by atoms with E-state index in [2.05, 4.69) is 94.5 Å². The molecule has 6 atom stereocenters. The fraction of sp³-hybridized carbons (Fsp3) is 0.465. The fourth-order valence-corrected chi connectivity index (χ4v) is 14.6. The monoisotopic (exact) mass is 590 g/mol. The molecule has 0 heterocycles. The van der Waals surface area contributed by atoms with Crippen molar-refractivity contribution in [3.05, 3.63) is 93.6 Å². The number of hydrogen-bond donors (Lipinski definition) is 0. The van der Waals surface area contributed by atoms with Gasteiger partial charge in [-0.15, -0.1) is 0 Å². The summed E-state index contributed by atoms with van der Waals surface area (Å²) in [5.74, 6) is 1.82. The average molecular weight is 591 g/mol. The molecule has 0 aromatic heterocycles. The molecule has 12 rings (SSSR count). The van der Waals surface area contributed by atoms with Crippen LogP contribution < -0.4 is 0 Å². The van der Waals surface area contributed by atoms with Crippen LogP contribution in [0.4, 0.5) is 0 Å². The third-order valence-electron chi connectivity index (χ3n) is 15.6. The molecule has 226 valence electrons. The van der Waals surface area contributed by atoms with Gasteiger partial charge >= 0.3 is 5.97 Å². The Kier molecular flexibility index (Phi) is 4.25. The average Bonchev–Trinajstić information content (AvgIpc) is 3.57. The Balaban J connectivity index is 1.32. The van der Waals surface area contributed by atoms with Gasteiger partial charge in [0, 0.05) is 16.2 Å². The lowest BCUT2D eigenvalue weighted by Crippen LogP contribution is -2.74. The Morgan fingerprint density at radius 3 is 2.07 bits per heavy atom. The second kappa shape index (κ2) is 7.43. The van der Waals surface area contributed by atoms with E-state index in [1.54, 1.807) is 35.0 Å². The van der Waals surface area contributed by atoms with Crippen LogP contribution in [0.5, 0.6) is 0 Å². The second-order valence-electron chi connectivity index (χ2n) is 17.0. The molecular weight excluding hydrogens is 548 g/mol. The quantitative estimate of drug-likeness (QED) is 0.169. The first-order valence-electron chi connectivity index (χ1n) is 17.7. The van der Waals surface area contributed by atoms with Crippen LogP contribution in [-0.4, -0.2) is 13.1 Å². The lowest BCUT2D eigenvalue weighted by Gasteiger charge is -2.78. The summed E-state index contributed by atoms with van der Waals surface area (Å²) in [6.07, 6.45) is 19.9. The number of hydrogen-bond acceptors (Lipinski definition) is 2. The number of methoxy groups -OCH3 is 1. The number of fused-ring (bicyclic) bond motifs is 1. The predicted molar refractivity (Wildman–Crippen MR) is 182 cm³/mol. The second-order valence-corrected chi connectivity index (χ2v) is 17.0. The molecule has 2 bridgehead atoms. The topological polar surface area (TPSA) is 26.3 Å². The van der Waals surface area contributed by atoms with Crippen LogP contribution in [0.3, 0.4) is 0 Å². The van der Waals surface area contributed by atoms with E-state index >= 15 is 0 Å². The first-order valence-corrected chi connectivity index (χ1v) is 17.7. The van der Waals surface area contributed by atoms with Crippen molar-refractivity contribution in [3.8, 4) is 0 Å². The number of ether oxygens (including phenoxy) is 1. The fourth-order valence-electron chi connectivity index (χ4n) is 14.6. The van der Waals surface area contributed by atoms with Crippen LogP contribution in [0, 0.1) is 45.3 Å². The van der Waals surface area contributed by atoms with Crippen LogP contribution >= 0.6 is 0 Å². The number of carbonyl (C=O) groups is 1. The summed E-state index contributed by atoms with van der Waals surface area (Å²) in [6.45, 7) is 9.78. The Morgan fingerprint density at radius 1 is 0.844 bits per heavy atom. The molecule has 0 amide bonds. The smallest absolute Gasteiger partial charge is 0.311 e. The number of rotatable bonds is 2. The largest absolute Gasteiger partial charge is 0.469 e. The summed E-state index contributed by atoms with van der Waals surface area (Å²) in [7, 11) is 1.61. The highest BCUT2D eigenvalue weighted by Crippen LogP contribution is 2.88. The summed E-state index contributed by atoms with van der Waals surface area (Å²) in [5.41, 5.74) is 10.4. The van der Waals surface area contributed by atoms with E-state index in [9.17, 15) is 4.79 Å². The molecule has 3 saturated carbocycles. The third-order valence-corrected chi connectivity index (χ3v) is 15.6. The molecular formula is C43H42O2. The van der Waals surface area contributed by atoms with Crippen molar-refractivity contribution in [1.29, 1.82) is 0 Å². The van der Waals surface area contributed by atoms with Gasteiger partial charge < -0.3 is 4.74 Å². The molecule has 4 unspecified atom stereocenters. The van der Waals surface area contributed by atoms with Gasteiger partial charge in [0.25, 0.3) is 0 Å². The Morgan fingerprint density at radius 2 is 1.47 bits per heavy atom. The number of benzene rings is 3.